The molecular formula is C35H50O3P+. The van der Waals surface area contributed by atoms with Crippen LogP contribution < -0.4 is 5.30 Å². The number of hydrogen-bond acceptors (Lipinski definition) is 3. The van der Waals surface area contributed by atoms with Gasteiger partial charge in [-0.15, -0.1) is 0 Å². The normalized spacial score (nSPS) is 13.6. The molecule has 0 saturated carbocycles. The highest BCUT2D eigenvalue weighted by molar-refractivity contribution is 7.67. The minimum atomic E-state index is -4.07. The molecule has 0 aliphatic heterocycles. The summed E-state index contributed by atoms with van der Waals surface area (Å²) in [6.07, 6.45) is 0. The Morgan fingerprint density at radius 2 is 0.821 bits per heavy atom. The zero-order valence-corrected chi connectivity index (χ0v) is 27.3. The van der Waals surface area contributed by atoms with Gasteiger partial charge in [-0.3, -0.25) is 0 Å². The molecule has 0 aliphatic rings. The zero-order valence-electron chi connectivity index (χ0n) is 26.4. The van der Waals surface area contributed by atoms with E-state index in [1.54, 1.807) is 0 Å². The van der Waals surface area contributed by atoms with Gasteiger partial charge in [0.25, 0.3) is 0 Å². The molecule has 3 rings (SSSR count). The van der Waals surface area contributed by atoms with Crippen molar-refractivity contribution in [1.29, 1.82) is 0 Å². The second-order valence-corrected chi connectivity index (χ2v) is 16.3. The molecule has 3 aromatic rings. The minimum absolute atomic E-state index is 0.189. The summed E-state index contributed by atoms with van der Waals surface area (Å²) >= 11 is 0. The van der Waals surface area contributed by atoms with Crippen molar-refractivity contribution in [3.8, 4) is 0 Å². The average molecular weight is 550 g/mol. The van der Waals surface area contributed by atoms with Gasteiger partial charge in [-0.2, -0.15) is 14.3 Å². The Labute approximate surface area is 238 Å². The second-order valence-electron chi connectivity index (χ2n) is 14.5. The quantitative estimate of drug-likeness (QED) is 0.313. The molecule has 0 aliphatic carbocycles. The fourth-order valence-corrected chi connectivity index (χ4v) is 7.23. The number of rotatable bonds is 5. The first-order valence-corrected chi connectivity index (χ1v) is 15.6. The van der Waals surface area contributed by atoms with E-state index >= 15 is 0 Å². The highest BCUT2D eigenvalue weighted by Crippen LogP contribution is 2.60. The summed E-state index contributed by atoms with van der Waals surface area (Å²) in [4.78, 5) is 24.0. The van der Waals surface area contributed by atoms with E-state index in [0.717, 1.165) is 44.5 Å². The third-order valence-electron chi connectivity index (χ3n) is 7.58. The van der Waals surface area contributed by atoms with Crippen molar-refractivity contribution in [2.24, 2.45) is 0 Å². The Hall–Kier alpha value is -2.03. The molecule has 2 N–H and O–H groups in total. The number of hydrogen-bond donors (Lipinski definition) is 2. The van der Waals surface area contributed by atoms with Crippen LogP contribution >= 0.6 is 7.94 Å². The largest absolute Gasteiger partial charge is 0.445 e. The van der Waals surface area contributed by atoms with Gasteiger partial charge in [0.2, 0.25) is 0 Å². The van der Waals surface area contributed by atoms with E-state index in [-0.39, 0.29) is 16.2 Å². The Bertz CT molecular complexity index is 1280. The standard InChI is InChI=1S/C35H50O3P/c1-23-14-17-26(28(20-23)32(4,5)6)35(13,27-18-15-24(2)21-29(27)33(7,8)9)38-39(36,37)31-19-16-25(3)22-30(31)34(10,11)12/h14-22,36-37H,1-13H3/q+1. The van der Waals surface area contributed by atoms with E-state index in [1.165, 1.54) is 0 Å². The van der Waals surface area contributed by atoms with Gasteiger partial charge < -0.3 is 0 Å². The summed E-state index contributed by atoms with van der Waals surface area (Å²) in [5, 5.41) is 0.473. The zero-order chi connectivity index (χ0) is 29.8. The van der Waals surface area contributed by atoms with Crippen molar-refractivity contribution in [2.45, 2.75) is 112 Å². The van der Waals surface area contributed by atoms with Gasteiger partial charge in [-0.25, -0.2) is 0 Å². The van der Waals surface area contributed by atoms with Crippen LogP contribution in [0.25, 0.3) is 0 Å². The smallest absolute Gasteiger partial charge is 0.188 e. The summed E-state index contributed by atoms with van der Waals surface area (Å²) in [6.45, 7) is 27.7. The van der Waals surface area contributed by atoms with Crippen molar-refractivity contribution >= 4 is 13.2 Å². The maximum absolute atomic E-state index is 12.0. The highest BCUT2D eigenvalue weighted by Gasteiger charge is 2.53. The summed E-state index contributed by atoms with van der Waals surface area (Å²) in [5.74, 6) is 0. The van der Waals surface area contributed by atoms with E-state index in [1.807, 2.05) is 26.0 Å². The van der Waals surface area contributed by atoms with Crippen LogP contribution in [0.5, 0.6) is 0 Å². The molecule has 0 saturated heterocycles. The van der Waals surface area contributed by atoms with Crippen LogP contribution in [-0.2, 0) is 26.4 Å². The van der Waals surface area contributed by atoms with Crippen LogP contribution in [0.4, 0.5) is 0 Å². The van der Waals surface area contributed by atoms with Gasteiger partial charge >= 0.3 is 7.94 Å². The number of benzene rings is 3. The maximum Gasteiger partial charge on any atom is 0.445 e. The monoisotopic (exact) mass is 549 g/mol. The topological polar surface area (TPSA) is 49.7 Å². The first kappa shape index (κ1) is 31.5. The first-order chi connectivity index (χ1) is 17.6. The fourth-order valence-electron chi connectivity index (χ4n) is 5.44. The van der Waals surface area contributed by atoms with Crippen molar-refractivity contribution in [3.05, 3.63) is 99.1 Å². The lowest BCUT2D eigenvalue weighted by Gasteiger charge is -2.38. The molecule has 0 atom stereocenters. The molecule has 0 heterocycles. The molecule has 0 unspecified atom stereocenters. The first-order valence-electron chi connectivity index (χ1n) is 14.0. The lowest BCUT2D eigenvalue weighted by Crippen LogP contribution is -2.37. The lowest BCUT2D eigenvalue weighted by atomic mass is 9.72. The predicted octanol–water partition coefficient (Wildman–Crippen LogP) is 8.86. The van der Waals surface area contributed by atoms with Crippen LogP contribution in [0.1, 0.15) is 114 Å². The predicted molar refractivity (Wildman–Crippen MR) is 168 cm³/mol. The maximum atomic E-state index is 12.0. The Morgan fingerprint density at radius 1 is 0.487 bits per heavy atom. The molecular weight excluding hydrogens is 499 g/mol. The average Bonchev–Trinajstić information content (AvgIpc) is 2.76. The van der Waals surface area contributed by atoms with Crippen molar-refractivity contribution < 1.29 is 14.3 Å². The molecule has 212 valence electrons. The van der Waals surface area contributed by atoms with Gasteiger partial charge in [-0.1, -0.05) is 128 Å². The van der Waals surface area contributed by atoms with Gasteiger partial charge in [0.15, 0.2) is 10.9 Å². The SMILES string of the molecule is Cc1ccc(C(C)(O[P+](O)(O)c2ccc(C)cc2C(C)(C)C)c2ccc(C)cc2C(C)(C)C)c(C(C)(C)C)c1. The van der Waals surface area contributed by atoms with Crippen LogP contribution in [-0.4, -0.2) is 9.79 Å². The Balaban J connectivity index is 2.43. The second kappa shape index (κ2) is 10.4. The van der Waals surface area contributed by atoms with Crippen LogP contribution in [0, 0.1) is 20.8 Å². The fraction of sp³-hybridized carbons (Fsp3) is 0.486. The molecule has 0 aromatic heterocycles. The molecule has 4 heteroatoms. The third kappa shape index (κ3) is 6.66. The van der Waals surface area contributed by atoms with Crippen LogP contribution in [0.15, 0.2) is 54.6 Å². The third-order valence-corrected chi connectivity index (χ3v) is 9.22. The van der Waals surface area contributed by atoms with Gasteiger partial charge in [-0.05, 0) is 72.3 Å². The summed E-state index contributed by atoms with van der Waals surface area (Å²) in [7, 11) is -4.07. The van der Waals surface area contributed by atoms with E-state index in [9.17, 15) is 9.79 Å². The molecule has 0 fully saturated rings. The molecule has 3 aromatic carbocycles. The molecule has 0 amide bonds. The van der Waals surface area contributed by atoms with Crippen LogP contribution in [0.3, 0.4) is 0 Å². The summed E-state index contributed by atoms with van der Waals surface area (Å²) in [5.41, 5.74) is 6.65. The molecule has 0 spiro atoms. The highest BCUT2D eigenvalue weighted by atomic mass is 31.2. The molecule has 39 heavy (non-hydrogen) atoms. The van der Waals surface area contributed by atoms with E-state index < -0.39 is 13.5 Å². The molecule has 0 bridgehead atoms. The number of aryl methyl sites for hydroxylation is 3. The Kier molecular flexibility index (Phi) is 8.42. The van der Waals surface area contributed by atoms with Crippen molar-refractivity contribution in [2.75, 3.05) is 0 Å². The van der Waals surface area contributed by atoms with E-state index in [2.05, 4.69) is 119 Å². The van der Waals surface area contributed by atoms with Crippen LogP contribution in [0.2, 0.25) is 0 Å². The van der Waals surface area contributed by atoms with E-state index in [0.29, 0.717) is 5.30 Å². The molecule has 3 nitrogen and oxygen atoms in total. The van der Waals surface area contributed by atoms with E-state index in [4.69, 9.17) is 4.52 Å². The summed E-state index contributed by atoms with van der Waals surface area (Å²) in [6, 6.07) is 18.7. The van der Waals surface area contributed by atoms with Gasteiger partial charge in [0.1, 0.15) is 0 Å². The molecule has 0 radical (unpaired) electrons. The summed E-state index contributed by atoms with van der Waals surface area (Å²) < 4.78 is 6.83. The lowest BCUT2D eigenvalue weighted by molar-refractivity contribution is 0.0970. The van der Waals surface area contributed by atoms with Gasteiger partial charge in [0.05, 0.1) is 0 Å². The Morgan fingerprint density at radius 3 is 1.18 bits per heavy atom. The van der Waals surface area contributed by atoms with Crippen molar-refractivity contribution in [1.82, 2.24) is 0 Å². The minimum Gasteiger partial charge on any atom is -0.188 e. The van der Waals surface area contributed by atoms with Crippen molar-refractivity contribution in [3.63, 3.8) is 0 Å². The van der Waals surface area contributed by atoms with Gasteiger partial charge in [0, 0.05) is 5.56 Å².